The average Bonchev–Trinajstić information content (AvgIpc) is 1.68. The molecule has 1 amide bonds. The van der Waals surface area contributed by atoms with Crippen molar-refractivity contribution in [3.63, 3.8) is 0 Å². The van der Waals surface area contributed by atoms with Crippen LogP contribution in [0.25, 0.3) is 0 Å². The molecule has 0 saturated carbocycles. The Bertz CT molecular complexity index is 158. The van der Waals surface area contributed by atoms with Gasteiger partial charge in [-0.2, -0.15) is 0 Å². The van der Waals surface area contributed by atoms with Crippen LogP contribution in [0.3, 0.4) is 0 Å². The summed E-state index contributed by atoms with van der Waals surface area (Å²) in [6.07, 6.45) is 0. The van der Waals surface area contributed by atoms with Crippen molar-refractivity contribution in [2.45, 2.75) is 0 Å². The maximum atomic E-state index is 9.86. The summed E-state index contributed by atoms with van der Waals surface area (Å²) < 4.78 is 9.44. The molecule has 0 aromatic rings. The van der Waals surface area contributed by atoms with E-state index in [-0.39, 0.29) is 0 Å². The summed E-state index contributed by atoms with van der Waals surface area (Å²) in [5.74, 6) is 3.88. The van der Waals surface area contributed by atoms with E-state index in [1.165, 1.54) is 0 Å². The third-order valence-corrected chi connectivity index (χ3v) is 0.573. The molecule has 0 aliphatic rings. The van der Waals surface area contributed by atoms with Crippen LogP contribution < -0.4 is 11.3 Å². The Kier molecular flexibility index (Phi) is 3.33. The van der Waals surface area contributed by atoms with E-state index in [0.29, 0.717) is 0 Å². The molecule has 0 bridgehead atoms. The Morgan fingerprint density at radius 1 is 1.86 bits per heavy atom. The summed E-state index contributed by atoms with van der Waals surface area (Å²) in [6, 6.07) is 0. The van der Waals surface area contributed by atoms with Crippen LogP contribution in [-0.2, 0) is 9.36 Å². The van der Waals surface area contributed by atoms with Gasteiger partial charge in [0, 0.05) is 0 Å². The van der Waals surface area contributed by atoms with Crippen LogP contribution in [0.15, 0.2) is 0 Å². The first-order valence-corrected chi connectivity index (χ1v) is 2.21. The molecule has 4 nitrogen and oxygen atoms in total. The third-order valence-electron chi connectivity index (χ3n) is 0.278. The van der Waals surface area contributed by atoms with Crippen LogP contribution in [0.5, 0.6) is 0 Å². The van der Waals surface area contributed by atoms with E-state index in [2.05, 4.69) is 5.84 Å². The summed E-state index contributed by atoms with van der Waals surface area (Å²) in [4.78, 5) is 9.86. The molecular weight excluding hydrogens is 115 g/mol. The molecule has 0 aromatic carbocycles. The van der Waals surface area contributed by atoms with Crippen molar-refractivity contribution in [1.29, 1.82) is 0 Å². The Morgan fingerprint density at radius 3 is 2.57 bits per heavy atom. The topological polar surface area (TPSA) is 72.2 Å². The number of hydrogen-bond donors (Lipinski definition) is 2. The summed E-state index contributed by atoms with van der Waals surface area (Å²) in [7, 11) is -0.452. The van der Waals surface area contributed by atoms with Gasteiger partial charge in [-0.25, -0.2) is 0 Å². The molecule has 5 heteroatoms. The van der Waals surface area contributed by atoms with E-state index in [1.807, 2.05) is 5.63 Å². The van der Waals surface area contributed by atoms with Gasteiger partial charge in [0.2, 0.25) is 0 Å². The van der Waals surface area contributed by atoms with E-state index < -0.39 is 13.8 Å². The first-order chi connectivity index (χ1) is 3.31. The summed E-state index contributed by atoms with van der Waals surface area (Å²) in [6.45, 7) is 0. The molecule has 0 heterocycles. The van der Waals surface area contributed by atoms with Crippen LogP contribution in [-0.4, -0.2) is 5.91 Å². The zero-order chi connectivity index (χ0) is 5.70. The van der Waals surface area contributed by atoms with Gasteiger partial charge >= 0.3 is 40.1 Å². The number of amides is 1. The number of carbonyl (C=O) groups excluding carboxylic acids is 1. The number of nitrogens with two attached hydrogens (primary N) is 1. The molecule has 0 radical (unpaired) electrons. The van der Waals surface area contributed by atoms with Gasteiger partial charge in [-0.05, 0) is 0 Å². The number of hydrazine groups is 1. The zero-order valence-corrected chi connectivity index (χ0v) is 4.24. The predicted octanol–water partition coefficient (Wildman–Crippen LogP) is -0.773. The molecule has 0 spiro atoms. The molecular formula is C2H3N2O2P. The molecule has 7 heavy (non-hydrogen) atoms. The van der Waals surface area contributed by atoms with Crippen molar-refractivity contribution >= 4 is 13.8 Å². The third kappa shape index (κ3) is 3.27. The second-order valence-electron chi connectivity index (χ2n) is 0.677. The Morgan fingerprint density at radius 2 is 2.43 bits per heavy atom. The van der Waals surface area contributed by atoms with E-state index in [4.69, 9.17) is 0 Å². The van der Waals surface area contributed by atoms with E-state index in [9.17, 15) is 9.36 Å². The second-order valence-corrected chi connectivity index (χ2v) is 1.08. The maximum absolute atomic E-state index is 9.86. The van der Waals surface area contributed by atoms with Gasteiger partial charge in [0.1, 0.15) is 0 Å². The van der Waals surface area contributed by atoms with Crippen molar-refractivity contribution in [2.24, 2.45) is 5.84 Å². The van der Waals surface area contributed by atoms with Crippen molar-refractivity contribution < 1.29 is 9.36 Å². The first kappa shape index (κ1) is 6.44. The van der Waals surface area contributed by atoms with Crippen molar-refractivity contribution in [3.05, 3.63) is 0 Å². The van der Waals surface area contributed by atoms with Crippen LogP contribution in [0.1, 0.15) is 0 Å². The summed E-state index contributed by atoms with van der Waals surface area (Å²) in [5, 5.41) is 0. The van der Waals surface area contributed by atoms with Gasteiger partial charge in [-0.1, -0.05) is 0 Å². The number of carbonyl (C=O) groups is 1. The Balaban J connectivity index is 3.75. The van der Waals surface area contributed by atoms with Crippen molar-refractivity contribution in [3.8, 4) is 5.63 Å². The van der Waals surface area contributed by atoms with E-state index in [0.717, 1.165) is 0 Å². The number of hydrogen-bond acceptors (Lipinski definition) is 3. The van der Waals surface area contributed by atoms with Crippen LogP contribution in [0, 0.1) is 5.63 Å². The molecule has 0 aromatic heterocycles. The Labute approximate surface area is 41.2 Å². The molecule has 0 aliphatic carbocycles. The Hall–Kier alpha value is -0.560. The van der Waals surface area contributed by atoms with Gasteiger partial charge in [0.25, 0.3) is 0 Å². The van der Waals surface area contributed by atoms with Crippen LogP contribution in [0.2, 0.25) is 0 Å². The summed E-state index contributed by atoms with van der Waals surface area (Å²) in [5.41, 5.74) is 3.55. The molecule has 38 valence electrons. The fourth-order valence-corrected chi connectivity index (χ4v) is 0.221. The van der Waals surface area contributed by atoms with E-state index in [1.54, 1.807) is 5.43 Å². The van der Waals surface area contributed by atoms with Gasteiger partial charge in [-0.3, -0.25) is 0 Å². The monoisotopic (exact) mass is 118 g/mol. The predicted molar refractivity (Wildman–Crippen MR) is 23.8 cm³/mol. The van der Waals surface area contributed by atoms with Gasteiger partial charge in [-0.15, -0.1) is 0 Å². The molecule has 0 unspecified atom stereocenters. The normalized spacial score (nSPS) is 6.43. The average molecular weight is 118 g/mol. The van der Waals surface area contributed by atoms with Crippen molar-refractivity contribution in [2.75, 3.05) is 0 Å². The summed E-state index contributed by atoms with van der Waals surface area (Å²) >= 11 is 0. The SMILES string of the molecule is NNC(=O)C#P=O. The van der Waals surface area contributed by atoms with Crippen LogP contribution in [0.4, 0.5) is 0 Å². The van der Waals surface area contributed by atoms with Gasteiger partial charge < -0.3 is 0 Å². The molecule has 0 rings (SSSR count). The fraction of sp³-hybridized carbons (Fsp3) is 0. The number of nitrogens with one attached hydrogen (secondary N) is 1. The minimum absolute atomic E-state index is 0.452. The zero-order valence-electron chi connectivity index (χ0n) is 3.34. The fourth-order valence-electron chi connectivity index (χ4n) is 0.0737. The second kappa shape index (κ2) is 3.62. The molecule has 0 saturated heterocycles. The molecule has 0 aliphatic heterocycles. The van der Waals surface area contributed by atoms with E-state index >= 15 is 0 Å². The van der Waals surface area contributed by atoms with Crippen molar-refractivity contribution in [1.82, 2.24) is 5.43 Å². The first-order valence-electron chi connectivity index (χ1n) is 1.40. The molecule has 0 atom stereocenters. The quantitative estimate of drug-likeness (QED) is 0.190. The minimum atomic E-state index is -0.670. The molecule has 3 N–H and O–H groups in total. The molecule has 0 fully saturated rings. The van der Waals surface area contributed by atoms with Gasteiger partial charge in [0.05, 0.1) is 0 Å². The standard InChI is InChI=1S/C2H3N2O2P/c3-4-2(5)1-7-6/h3H2,(H,4,5). The van der Waals surface area contributed by atoms with Crippen LogP contribution >= 0.6 is 7.92 Å². The number of rotatable bonds is 0. The van der Waals surface area contributed by atoms with Gasteiger partial charge in [0.15, 0.2) is 0 Å².